The zero-order valence-corrected chi connectivity index (χ0v) is 15.6. The molecule has 2 amide bonds. The van der Waals surface area contributed by atoms with Crippen molar-refractivity contribution in [3.8, 4) is 5.75 Å². The highest BCUT2D eigenvalue weighted by atomic mass is 16.5. The van der Waals surface area contributed by atoms with Crippen LogP contribution in [0.2, 0.25) is 0 Å². The van der Waals surface area contributed by atoms with Gasteiger partial charge in [-0.2, -0.15) is 5.10 Å². The number of nitrogens with one attached hydrogen (secondary N) is 3. The number of nitrogens with zero attached hydrogens (tertiary/aromatic N) is 1. The number of benzene rings is 2. The second kappa shape index (κ2) is 9.62. The van der Waals surface area contributed by atoms with Crippen LogP contribution in [0.4, 0.5) is 10.6 Å². The third kappa shape index (κ3) is 5.48. The SMILES string of the molecule is CCCCCCOc1ccc2[nH]nc(NC(=O)NCc3ccccc3)c2c1. The molecular weight excluding hydrogens is 340 g/mol. The van der Waals surface area contributed by atoms with Gasteiger partial charge >= 0.3 is 6.03 Å². The second-order valence-corrected chi connectivity index (χ2v) is 6.48. The lowest BCUT2D eigenvalue weighted by Gasteiger charge is -2.07. The van der Waals surface area contributed by atoms with Crippen molar-refractivity contribution in [3.63, 3.8) is 0 Å². The molecule has 2 aromatic carbocycles. The number of aromatic amines is 1. The Balaban J connectivity index is 1.57. The van der Waals surface area contributed by atoms with Gasteiger partial charge in [-0.1, -0.05) is 56.5 Å². The van der Waals surface area contributed by atoms with Crippen LogP contribution in [-0.2, 0) is 6.54 Å². The molecule has 0 spiro atoms. The van der Waals surface area contributed by atoms with E-state index in [9.17, 15) is 4.79 Å². The molecule has 1 heterocycles. The molecule has 0 saturated heterocycles. The lowest BCUT2D eigenvalue weighted by Crippen LogP contribution is -2.28. The Morgan fingerprint density at radius 1 is 1.11 bits per heavy atom. The minimum absolute atomic E-state index is 0.293. The highest BCUT2D eigenvalue weighted by Crippen LogP contribution is 2.25. The molecule has 0 aliphatic rings. The van der Waals surface area contributed by atoms with Crippen LogP contribution in [0.1, 0.15) is 38.2 Å². The van der Waals surface area contributed by atoms with Gasteiger partial charge in [-0.05, 0) is 30.2 Å². The van der Waals surface area contributed by atoms with Crippen LogP contribution in [0.15, 0.2) is 48.5 Å². The number of hydrogen-bond acceptors (Lipinski definition) is 3. The van der Waals surface area contributed by atoms with Crippen LogP contribution in [-0.4, -0.2) is 22.8 Å². The first-order valence-electron chi connectivity index (χ1n) is 9.46. The molecule has 0 atom stereocenters. The fourth-order valence-corrected chi connectivity index (χ4v) is 2.83. The van der Waals surface area contributed by atoms with E-state index in [1.807, 2.05) is 48.5 Å². The molecule has 142 valence electrons. The summed E-state index contributed by atoms with van der Waals surface area (Å²) in [5.41, 5.74) is 1.89. The molecule has 0 fully saturated rings. The minimum atomic E-state index is -0.293. The zero-order valence-electron chi connectivity index (χ0n) is 15.6. The second-order valence-electron chi connectivity index (χ2n) is 6.48. The van der Waals surface area contributed by atoms with Crippen molar-refractivity contribution in [2.75, 3.05) is 11.9 Å². The number of unbranched alkanes of at least 4 members (excludes halogenated alkanes) is 3. The number of rotatable bonds is 9. The molecule has 27 heavy (non-hydrogen) atoms. The summed E-state index contributed by atoms with van der Waals surface area (Å²) < 4.78 is 5.83. The third-order valence-corrected chi connectivity index (χ3v) is 4.33. The maximum absolute atomic E-state index is 12.2. The Labute approximate surface area is 159 Å². The number of anilines is 1. The highest BCUT2D eigenvalue weighted by molar-refractivity contribution is 5.99. The Hall–Kier alpha value is -3.02. The predicted molar refractivity (Wildman–Crippen MR) is 108 cm³/mol. The lowest BCUT2D eigenvalue weighted by molar-refractivity contribution is 0.251. The largest absolute Gasteiger partial charge is 0.494 e. The average Bonchev–Trinajstić information content (AvgIpc) is 3.09. The van der Waals surface area contributed by atoms with Crippen molar-refractivity contribution in [2.24, 2.45) is 0 Å². The van der Waals surface area contributed by atoms with E-state index in [1.165, 1.54) is 19.3 Å². The molecule has 0 radical (unpaired) electrons. The Morgan fingerprint density at radius 2 is 1.96 bits per heavy atom. The van der Waals surface area contributed by atoms with Gasteiger partial charge < -0.3 is 10.1 Å². The number of H-pyrrole nitrogens is 1. The van der Waals surface area contributed by atoms with Gasteiger partial charge in [-0.3, -0.25) is 10.4 Å². The Bertz CT molecular complexity index is 861. The topological polar surface area (TPSA) is 79.0 Å². The van der Waals surface area contributed by atoms with Gasteiger partial charge in [0.2, 0.25) is 0 Å². The fourth-order valence-electron chi connectivity index (χ4n) is 2.83. The summed E-state index contributed by atoms with van der Waals surface area (Å²) in [4.78, 5) is 12.2. The zero-order chi connectivity index (χ0) is 18.9. The number of ether oxygens (including phenoxy) is 1. The maximum Gasteiger partial charge on any atom is 0.320 e. The molecule has 0 unspecified atom stereocenters. The number of aromatic nitrogens is 2. The van der Waals surface area contributed by atoms with Gasteiger partial charge in [0.05, 0.1) is 12.1 Å². The first-order valence-corrected chi connectivity index (χ1v) is 9.46. The van der Waals surface area contributed by atoms with Gasteiger partial charge in [-0.25, -0.2) is 4.79 Å². The van der Waals surface area contributed by atoms with E-state index < -0.39 is 0 Å². The minimum Gasteiger partial charge on any atom is -0.494 e. The van der Waals surface area contributed by atoms with E-state index in [0.29, 0.717) is 19.0 Å². The van der Waals surface area contributed by atoms with Crippen molar-refractivity contribution in [2.45, 2.75) is 39.2 Å². The van der Waals surface area contributed by atoms with Crippen LogP contribution in [0, 0.1) is 0 Å². The third-order valence-electron chi connectivity index (χ3n) is 4.33. The molecule has 0 aliphatic carbocycles. The molecule has 3 aromatic rings. The van der Waals surface area contributed by atoms with Gasteiger partial charge in [0.1, 0.15) is 5.75 Å². The molecule has 1 aromatic heterocycles. The van der Waals surface area contributed by atoms with Crippen molar-refractivity contribution in [3.05, 3.63) is 54.1 Å². The Kier molecular flexibility index (Phi) is 6.68. The molecule has 0 aliphatic heterocycles. The fraction of sp³-hybridized carbons (Fsp3) is 0.333. The number of amides is 2. The van der Waals surface area contributed by atoms with Crippen LogP contribution in [0.3, 0.4) is 0 Å². The van der Waals surface area contributed by atoms with E-state index in [0.717, 1.165) is 28.6 Å². The van der Waals surface area contributed by atoms with Crippen molar-refractivity contribution >= 4 is 22.8 Å². The van der Waals surface area contributed by atoms with Crippen molar-refractivity contribution < 1.29 is 9.53 Å². The van der Waals surface area contributed by atoms with E-state index in [4.69, 9.17) is 4.74 Å². The van der Waals surface area contributed by atoms with Gasteiger partial charge in [0.15, 0.2) is 5.82 Å². The molecule has 6 nitrogen and oxygen atoms in total. The Morgan fingerprint density at radius 3 is 2.78 bits per heavy atom. The molecule has 0 saturated carbocycles. The van der Waals surface area contributed by atoms with Gasteiger partial charge in [0, 0.05) is 11.9 Å². The lowest BCUT2D eigenvalue weighted by atomic mass is 10.2. The summed E-state index contributed by atoms with van der Waals surface area (Å²) >= 11 is 0. The van der Waals surface area contributed by atoms with E-state index in [-0.39, 0.29) is 6.03 Å². The quantitative estimate of drug-likeness (QED) is 0.474. The smallest absolute Gasteiger partial charge is 0.320 e. The summed E-state index contributed by atoms with van der Waals surface area (Å²) in [5, 5.41) is 13.6. The first-order chi connectivity index (χ1) is 13.3. The van der Waals surface area contributed by atoms with E-state index in [2.05, 4.69) is 27.8 Å². The summed E-state index contributed by atoms with van der Waals surface area (Å²) in [7, 11) is 0. The average molecular weight is 366 g/mol. The number of carbonyl (C=O) groups is 1. The number of carbonyl (C=O) groups excluding carboxylic acids is 1. The summed E-state index contributed by atoms with van der Waals surface area (Å²) in [6, 6.07) is 15.2. The molecule has 0 bridgehead atoms. The van der Waals surface area contributed by atoms with Gasteiger partial charge in [-0.15, -0.1) is 0 Å². The standard InChI is InChI=1S/C21H26N4O2/c1-2-3-4-8-13-27-17-11-12-19-18(14-17)20(25-24-19)23-21(26)22-15-16-9-6-5-7-10-16/h5-7,9-12,14H,2-4,8,13,15H2,1H3,(H3,22,23,24,25,26). The van der Waals surface area contributed by atoms with Crippen LogP contribution >= 0.6 is 0 Å². The van der Waals surface area contributed by atoms with Crippen LogP contribution in [0.5, 0.6) is 5.75 Å². The molecule has 6 heteroatoms. The molecule has 3 N–H and O–H groups in total. The summed E-state index contributed by atoms with van der Waals surface area (Å²) in [5.74, 6) is 1.28. The summed E-state index contributed by atoms with van der Waals surface area (Å²) in [6.45, 7) is 3.35. The predicted octanol–water partition coefficient (Wildman–Crippen LogP) is 4.84. The van der Waals surface area contributed by atoms with Crippen molar-refractivity contribution in [1.82, 2.24) is 15.5 Å². The van der Waals surface area contributed by atoms with E-state index >= 15 is 0 Å². The highest BCUT2D eigenvalue weighted by Gasteiger charge is 2.10. The van der Waals surface area contributed by atoms with E-state index in [1.54, 1.807) is 0 Å². The van der Waals surface area contributed by atoms with Gasteiger partial charge in [0.25, 0.3) is 0 Å². The van der Waals surface area contributed by atoms with Crippen LogP contribution < -0.4 is 15.4 Å². The number of urea groups is 1. The maximum atomic E-state index is 12.2. The molecule has 3 rings (SSSR count). The van der Waals surface area contributed by atoms with Crippen molar-refractivity contribution in [1.29, 1.82) is 0 Å². The first kappa shape index (κ1) is 18.8. The number of hydrogen-bond donors (Lipinski definition) is 3. The normalized spacial score (nSPS) is 10.7. The number of fused-ring (bicyclic) bond motifs is 1. The summed E-state index contributed by atoms with van der Waals surface area (Å²) in [6.07, 6.45) is 4.67. The monoisotopic (exact) mass is 366 g/mol. The van der Waals surface area contributed by atoms with Crippen LogP contribution in [0.25, 0.3) is 10.9 Å². The molecular formula is C21H26N4O2.